The summed E-state index contributed by atoms with van der Waals surface area (Å²) in [6.45, 7) is 0.654. The van der Waals surface area contributed by atoms with E-state index in [2.05, 4.69) is 10.9 Å². The summed E-state index contributed by atoms with van der Waals surface area (Å²) in [5.74, 6) is 3.02. The van der Waals surface area contributed by atoms with Crippen LogP contribution >= 0.6 is 24.0 Å². The van der Waals surface area contributed by atoms with Crippen molar-refractivity contribution < 1.29 is 9.53 Å². The van der Waals surface area contributed by atoms with Gasteiger partial charge in [0, 0.05) is 12.4 Å². The third-order valence-electron chi connectivity index (χ3n) is 3.44. The van der Waals surface area contributed by atoms with Gasteiger partial charge in [-0.15, -0.1) is 6.42 Å². The predicted octanol–water partition coefficient (Wildman–Crippen LogP) is 3.50. The molecule has 1 saturated heterocycles. The Labute approximate surface area is 155 Å². The minimum Gasteiger partial charge on any atom is -0.481 e. The Bertz CT molecular complexity index is 855. The number of amides is 1. The minimum atomic E-state index is -0.0912. The minimum absolute atomic E-state index is 0.0912. The molecule has 0 bridgehead atoms. The number of nitrogens with zero attached hydrogens (tertiary/aromatic N) is 2. The second kappa shape index (κ2) is 7.97. The van der Waals surface area contributed by atoms with Crippen molar-refractivity contribution in [3.63, 3.8) is 0 Å². The van der Waals surface area contributed by atoms with Gasteiger partial charge in [-0.1, -0.05) is 48.1 Å². The summed E-state index contributed by atoms with van der Waals surface area (Å²) in [5.41, 5.74) is 1.84. The molecule has 6 heteroatoms. The topological polar surface area (TPSA) is 42.4 Å². The van der Waals surface area contributed by atoms with Crippen molar-refractivity contribution in [3.05, 3.63) is 64.8 Å². The molecule has 1 aliphatic rings. The van der Waals surface area contributed by atoms with E-state index in [1.807, 2.05) is 42.5 Å². The van der Waals surface area contributed by atoms with Gasteiger partial charge in [-0.3, -0.25) is 14.7 Å². The highest BCUT2D eigenvalue weighted by Crippen LogP contribution is 2.33. The fraction of sp³-hybridized carbons (Fsp3) is 0.105. The molecule has 2 aromatic rings. The molecule has 0 N–H and O–H groups in total. The molecular weight excluding hydrogens is 352 g/mol. The van der Waals surface area contributed by atoms with Gasteiger partial charge in [-0.05, 0) is 35.4 Å². The Kier molecular flexibility index (Phi) is 5.49. The van der Waals surface area contributed by atoms with E-state index in [4.69, 9.17) is 23.4 Å². The van der Waals surface area contributed by atoms with Crippen molar-refractivity contribution in [2.45, 2.75) is 6.54 Å². The third kappa shape index (κ3) is 4.27. The quantitative estimate of drug-likeness (QED) is 0.460. The van der Waals surface area contributed by atoms with Crippen LogP contribution in [0.2, 0.25) is 0 Å². The maximum atomic E-state index is 12.6. The molecule has 0 saturated carbocycles. The van der Waals surface area contributed by atoms with Crippen LogP contribution in [-0.2, 0) is 11.3 Å². The van der Waals surface area contributed by atoms with E-state index >= 15 is 0 Å². The second-order valence-corrected chi connectivity index (χ2v) is 6.87. The van der Waals surface area contributed by atoms with Gasteiger partial charge in [0.2, 0.25) is 0 Å². The number of hydrogen-bond donors (Lipinski definition) is 0. The summed E-state index contributed by atoms with van der Waals surface area (Å²) in [7, 11) is 0. The molecule has 1 amide bonds. The smallest absolute Gasteiger partial charge is 0.266 e. The number of aromatic nitrogens is 1. The Morgan fingerprint density at radius 3 is 2.80 bits per heavy atom. The number of rotatable bonds is 5. The molecule has 0 aliphatic carbocycles. The molecule has 1 fully saturated rings. The zero-order chi connectivity index (χ0) is 17.6. The molecule has 25 heavy (non-hydrogen) atoms. The molecular formula is C19H14N2O2S2. The van der Waals surface area contributed by atoms with Crippen molar-refractivity contribution in [1.82, 2.24) is 9.88 Å². The highest BCUT2D eigenvalue weighted by atomic mass is 32.2. The standard InChI is InChI=1S/C19H14N2O2S2/c1-2-10-23-16-7-5-14(6-8-16)11-17-18(22)21(19(24)25-17)13-15-4-3-9-20-12-15/h1,3-9,11-12H,10,13H2. The molecule has 0 radical (unpaired) electrons. The van der Waals surface area contributed by atoms with Crippen LogP contribution in [-0.4, -0.2) is 26.7 Å². The maximum Gasteiger partial charge on any atom is 0.266 e. The molecule has 1 aliphatic heterocycles. The maximum absolute atomic E-state index is 12.6. The summed E-state index contributed by atoms with van der Waals surface area (Å²) < 4.78 is 5.89. The lowest BCUT2D eigenvalue weighted by Crippen LogP contribution is -2.27. The van der Waals surface area contributed by atoms with E-state index in [1.165, 1.54) is 11.8 Å². The van der Waals surface area contributed by atoms with E-state index in [9.17, 15) is 4.79 Å². The van der Waals surface area contributed by atoms with Gasteiger partial charge >= 0.3 is 0 Å². The molecule has 0 spiro atoms. The number of benzene rings is 1. The lowest BCUT2D eigenvalue weighted by atomic mass is 10.2. The number of pyridine rings is 1. The average molecular weight is 366 g/mol. The summed E-state index contributed by atoms with van der Waals surface area (Å²) in [5, 5.41) is 0. The van der Waals surface area contributed by atoms with Crippen LogP contribution in [0.3, 0.4) is 0 Å². The lowest BCUT2D eigenvalue weighted by Gasteiger charge is -2.13. The highest BCUT2D eigenvalue weighted by molar-refractivity contribution is 8.26. The van der Waals surface area contributed by atoms with Gasteiger partial charge in [0.15, 0.2) is 0 Å². The van der Waals surface area contributed by atoms with Gasteiger partial charge in [-0.25, -0.2) is 0 Å². The van der Waals surface area contributed by atoms with Gasteiger partial charge in [0.1, 0.15) is 16.7 Å². The van der Waals surface area contributed by atoms with Crippen LogP contribution in [0.25, 0.3) is 6.08 Å². The largest absolute Gasteiger partial charge is 0.481 e. The van der Waals surface area contributed by atoms with Crippen LogP contribution in [0.5, 0.6) is 5.75 Å². The lowest BCUT2D eigenvalue weighted by molar-refractivity contribution is -0.122. The Morgan fingerprint density at radius 2 is 2.12 bits per heavy atom. The molecule has 4 nitrogen and oxygen atoms in total. The Morgan fingerprint density at radius 1 is 1.32 bits per heavy atom. The van der Waals surface area contributed by atoms with E-state index < -0.39 is 0 Å². The van der Waals surface area contributed by atoms with Gasteiger partial charge in [-0.2, -0.15) is 0 Å². The molecule has 1 aromatic carbocycles. The Balaban J connectivity index is 1.73. The first kappa shape index (κ1) is 17.2. The van der Waals surface area contributed by atoms with E-state index in [1.54, 1.807) is 17.3 Å². The van der Waals surface area contributed by atoms with Crippen molar-refractivity contribution in [2.24, 2.45) is 0 Å². The van der Waals surface area contributed by atoms with Crippen molar-refractivity contribution in [2.75, 3.05) is 6.61 Å². The third-order valence-corrected chi connectivity index (χ3v) is 4.81. The summed E-state index contributed by atoms with van der Waals surface area (Å²) in [6, 6.07) is 11.1. The Hall–Kier alpha value is -2.62. The number of hydrogen-bond acceptors (Lipinski definition) is 5. The number of carbonyl (C=O) groups excluding carboxylic acids is 1. The van der Waals surface area contributed by atoms with Crippen molar-refractivity contribution in [1.29, 1.82) is 0 Å². The first-order valence-corrected chi connectivity index (χ1v) is 8.70. The first-order valence-electron chi connectivity index (χ1n) is 7.48. The predicted molar refractivity (Wildman–Crippen MR) is 104 cm³/mol. The molecule has 1 aromatic heterocycles. The molecule has 0 unspecified atom stereocenters. The van der Waals surface area contributed by atoms with Crippen LogP contribution in [0.15, 0.2) is 53.7 Å². The number of carbonyl (C=O) groups is 1. The average Bonchev–Trinajstić information content (AvgIpc) is 2.89. The molecule has 3 rings (SSSR count). The van der Waals surface area contributed by atoms with Crippen molar-refractivity contribution in [3.8, 4) is 18.1 Å². The van der Waals surface area contributed by atoms with E-state index in [0.717, 1.165) is 11.1 Å². The first-order chi connectivity index (χ1) is 12.2. The highest BCUT2D eigenvalue weighted by Gasteiger charge is 2.31. The fourth-order valence-electron chi connectivity index (χ4n) is 2.25. The number of ether oxygens (including phenoxy) is 1. The molecule has 0 atom stereocenters. The van der Waals surface area contributed by atoms with Crippen LogP contribution in [0.1, 0.15) is 11.1 Å². The van der Waals surface area contributed by atoms with E-state index in [0.29, 0.717) is 21.5 Å². The van der Waals surface area contributed by atoms with Gasteiger partial charge in [0.25, 0.3) is 5.91 Å². The monoisotopic (exact) mass is 366 g/mol. The summed E-state index contributed by atoms with van der Waals surface area (Å²) in [4.78, 5) is 18.9. The van der Waals surface area contributed by atoms with Crippen LogP contribution < -0.4 is 4.74 Å². The molecule has 124 valence electrons. The molecule has 2 heterocycles. The fourth-order valence-corrected chi connectivity index (χ4v) is 3.50. The van der Waals surface area contributed by atoms with E-state index in [-0.39, 0.29) is 12.5 Å². The van der Waals surface area contributed by atoms with Gasteiger partial charge < -0.3 is 4.74 Å². The van der Waals surface area contributed by atoms with Crippen LogP contribution in [0.4, 0.5) is 0 Å². The zero-order valence-electron chi connectivity index (χ0n) is 13.2. The number of terminal acetylenes is 1. The zero-order valence-corrected chi connectivity index (χ0v) is 14.8. The van der Waals surface area contributed by atoms with Crippen molar-refractivity contribution >= 4 is 40.3 Å². The summed E-state index contributed by atoms with van der Waals surface area (Å²) >= 11 is 6.65. The normalized spacial score (nSPS) is 15.5. The van der Waals surface area contributed by atoms with Crippen LogP contribution in [0, 0.1) is 12.3 Å². The van der Waals surface area contributed by atoms with Gasteiger partial charge in [0.05, 0.1) is 11.4 Å². The SMILES string of the molecule is C#CCOc1ccc(C=C2SC(=S)N(Cc3cccnc3)C2=O)cc1. The second-order valence-electron chi connectivity index (χ2n) is 5.19. The number of thiocarbonyl (C=S) groups is 1. The number of thioether (sulfide) groups is 1. The summed E-state index contributed by atoms with van der Waals surface area (Å²) in [6.07, 6.45) is 10.4.